The van der Waals surface area contributed by atoms with Crippen LogP contribution in [0.25, 0.3) is 0 Å². The largest absolute Gasteiger partial charge is 0.271 e. The molecule has 1 aromatic rings. The van der Waals surface area contributed by atoms with Crippen molar-refractivity contribution in [3.63, 3.8) is 0 Å². The molecule has 6 nitrogen and oxygen atoms in total. The quantitative estimate of drug-likeness (QED) is 0.730. The maximum Gasteiger partial charge on any atom is 0.260 e. The molecule has 0 spiro atoms. The molecule has 7 heteroatoms. The summed E-state index contributed by atoms with van der Waals surface area (Å²) in [6.07, 6.45) is 5.68. The lowest BCUT2D eigenvalue weighted by Crippen LogP contribution is -2.39. The van der Waals surface area contributed by atoms with Gasteiger partial charge >= 0.3 is 0 Å². The van der Waals surface area contributed by atoms with Crippen molar-refractivity contribution in [3.8, 4) is 0 Å². The number of nitrogens with zero attached hydrogens (tertiary/aromatic N) is 2. The van der Waals surface area contributed by atoms with E-state index in [0.717, 1.165) is 47.5 Å². The minimum absolute atomic E-state index is 0.281. The highest BCUT2D eigenvalue weighted by atomic mass is 32.2. The molecule has 0 aliphatic heterocycles. The van der Waals surface area contributed by atoms with E-state index in [0.29, 0.717) is 18.0 Å². The molecule has 0 heterocycles. The SMILES string of the molecule is CCc1ccccc1N(CC(=O)NN=C1CCC(C(C)(C)C)CC1)S(C)(=O)=O. The molecule has 28 heavy (non-hydrogen) atoms. The Hall–Kier alpha value is -1.89. The number of para-hydroxylation sites is 1. The fraction of sp³-hybridized carbons (Fsp3) is 0.619. The molecule has 0 aromatic heterocycles. The number of anilines is 1. The Balaban J connectivity index is 2.04. The van der Waals surface area contributed by atoms with Gasteiger partial charge in [0.05, 0.1) is 11.9 Å². The first kappa shape index (κ1) is 22.4. The van der Waals surface area contributed by atoms with Crippen molar-refractivity contribution in [1.82, 2.24) is 5.43 Å². The maximum atomic E-state index is 12.4. The number of rotatable bonds is 6. The fourth-order valence-corrected chi connectivity index (χ4v) is 4.56. The topological polar surface area (TPSA) is 78.8 Å². The van der Waals surface area contributed by atoms with E-state index in [2.05, 4.69) is 31.3 Å². The van der Waals surface area contributed by atoms with Crippen molar-refractivity contribution < 1.29 is 13.2 Å². The highest BCUT2D eigenvalue weighted by Gasteiger charge is 2.28. The van der Waals surface area contributed by atoms with Gasteiger partial charge < -0.3 is 0 Å². The number of nitrogens with one attached hydrogen (secondary N) is 1. The number of carbonyl (C=O) groups is 1. The number of amides is 1. The van der Waals surface area contributed by atoms with Crippen LogP contribution >= 0.6 is 0 Å². The molecule has 156 valence electrons. The van der Waals surface area contributed by atoms with Crippen molar-refractivity contribution in [1.29, 1.82) is 0 Å². The molecule has 1 aromatic carbocycles. The highest BCUT2D eigenvalue weighted by molar-refractivity contribution is 7.92. The monoisotopic (exact) mass is 407 g/mol. The van der Waals surface area contributed by atoms with Crippen LogP contribution in [0.4, 0.5) is 5.69 Å². The van der Waals surface area contributed by atoms with Gasteiger partial charge in [0.25, 0.3) is 5.91 Å². The number of aryl methyl sites for hydroxylation is 1. The minimum Gasteiger partial charge on any atom is -0.271 e. The van der Waals surface area contributed by atoms with Gasteiger partial charge in [-0.1, -0.05) is 45.9 Å². The average Bonchev–Trinajstić information content (AvgIpc) is 2.63. The molecule has 0 atom stereocenters. The van der Waals surface area contributed by atoms with Crippen LogP contribution in [0.5, 0.6) is 0 Å². The van der Waals surface area contributed by atoms with Crippen LogP contribution in [0.15, 0.2) is 29.4 Å². The fourth-order valence-electron chi connectivity index (χ4n) is 3.67. The number of hydrazone groups is 1. The zero-order chi connectivity index (χ0) is 20.9. The van der Waals surface area contributed by atoms with Gasteiger partial charge in [0.2, 0.25) is 10.0 Å². The lowest BCUT2D eigenvalue weighted by atomic mass is 9.72. The molecule has 1 fully saturated rings. The van der Waals surface area contributed by atoms with E-state index < -0.39 is 15.9 Å². The maximum absolute atomic E-state index is 12.4. The van der Waals surface area contributed by atoms with Crippen LogP contribution in [0, 0.1) is 11.3 Å². The number of hydrogen-bond acceptors (Lipinski definition) is 4. The van der Waals surface area contributed by atoms with Crippen LogP contribution in [0.1, 0.15) is 58.9 Å². The van der Waals surface area contributed by atoms with Crippen molar-refractivity contribution in [2.75, 3.05) is 17.1 Å². The summed E-state index contributed by atoms with van der Waals surface area (Å²) in [6, 6.07) is 7.24. The van der Waals surface area contributed by atoms with Gasteiger partial charge in [-0.15, -0.1) is 0 Å². The molecule has 1 aliphatic carbocycles. The number of hydrogen-bond donors (Lipinski definition) is 1. The first-order chi connectivity index (χ1) is 13.0. The Morgan fingerprint density at radius 3 is 2.36 bits per heavy atom. The Morgan fingerprint density at radius 2 is 1.82 bits per heavy atom. The smallest absolute Gasteiger partial charge is 0.260 e. The van der Waals surface area contributed by atoms with Gasteiger partial charge in [-0.2, -0.15) is 5.10 Å². The van der Waals surface area contributed by atoms with Gasteiger partial charge in [0.15, 0.2) is 0 Å². The Labute approximate surface area is 169 Å². The summed E-state index contributed by atoms with van der Waals surface area (Å²) < 4.78 is 25.7. The van der Waals surface area contributed by atoms with Crippen LogP contribution in [-0.4, -0.2) is 32.8 Å². The predicted octanol–water partition coefficient (Wildman–Crippen LogP) is 3.72. The van der Waals surface area contributed by atoms with E-state index in [1.165, 1.54) is 0 Å². The first-order valence-corrected chi connectivity index (χ1v) is 11.8. The molecule has 0 unspecified atom stereocenters. The number of carbonyl (C=O) groups excluding carboxylic acids is 1. The van der Waals surface area contributed by atoms with Crippen molar-refractivity contribution in [3.05, 3.63) is 29.8 Å². The standard InChI is InChI=1S/C21H33N3O3S/c1-6-16-9-7-8-10-19(16)24(28(5,26)27)15-20(25)23-22-18-13-11-17(12-14-18)21(2,3)4/h7-10,17H,6,11-15H2,1-5H3,(H,23,25). The molecular formula is C21H33N3O3S. The van der Waals surface area contributed by atoms with Crippen LogP contribution in [-0.2, 0) is 21.2 Å². The second-order valence-corrected chi connectivity index (χ2v) is 10.5. The van der Waals surface area contributed by atoms with E-state index >= 15 is 0 Å². The summed E-state index contributed by atoms with van der Waals surface area (Å²) in [5.74, 6) is 0.232. The molecular weight excluding hydrogens is 374 g/mol. The Kier molecular flexibility index (Phi) is 7.26. The lowest BCUT2D eigenvalue weighted by Gasteiger charge is -2.34. The second-order valence-electron chi connectivity index (χ2n) is 8.61. The summed E-state index contributed by atoms with van der Waals surface area (Å²) in [6.45, 7) is 8.46. The molecule has 0 saturated heterocycles. The summed E-state index contributed by atoms with van der Waals surface area (Å²) in [4.78, 5) is 12.4. The third-order valence-corrected chi connectivity index (χ3v) is 6.58. The normalized spacial score (nSPS) is 17.9. The average molecular weight is 408 g/mol. The number of sulfonamides is 1. The molecule has 1 amide bonds. The van der Waals surface area contributed by atoms with Crippen LogP contribution in [0.2, 0.25) is 0 Å². The minimum atomic E-state index is -3.59. The van der Waals surface area contributed by atoms with Gasteiger partial charge in [-0.05, 0) is 55.1 Å². The summed E-state index contributed by atoms with van der Waals surface area (Å²) in [5, 5.41) is 4.27. The molecule has 1 aliphatic rings. The van der Waals surface area contributed by atoms with E-state index in [9.17, 15) is 13.2 Å². The van der Waals surface area contributed by atoms with Gasteiger partial charge in [0, 0.05) is 5.71 Å². The van der Waals surface area contributed by atoms with E-state index in [4.69, 9.17) is 0 Å². The molecule has 2 rings (SSSR count). The first-order valence-electron chi connectivity index (χ1n) is 9.92. The van der Waals surface area contributed by atoms with E-state index in [1.807, 2.05) is 19.1 Å². The van der Waals surface area contributed by atoms with Gasteiger partial charge in [0.1, 0.15) is 6.54 Å². The zero-order valence-corrected chi connectivity index (χ0v) is 18.5. The van der Waals surface area contributed by atoms with E-state index in [1.54, 1.807) is 12.1 Å². The summed E-state index contributed by atoms with van der Waals surface area (Å²) in [7, 11) is -3.59. The molecule has 1 saturated carbocycles. The van der Waals surface area contributed by atoms with Crippen molar-refractivity contribution >= 4 is 27.3 Å². The Morgan fingerprint density at radius 1 is 1.21 bits per heavy atom. The van der Waals surface area contributed by atoms with Crippen LogP contribution in [0.3, 0.4) is 0 Å². The van der Waals surface area contributed by atoms with Crippen molar-refractivity contribution in [2.45, 2.75) is 59.8 Å². The second kappa shape index (κ2) is 9.07. The van der Waals surface area contributed by atoms with Gasteiger partial charge in [-0.25, -0.2) is 13.8 Å². The zero-order valence-electron chi connectivity index (χ0n) is 17.7. The molecule has 0 radical (unpaired) electrons. The molecule has 0 bridgehead atoms. The molecule has 1 N–H and O–H groups in total. The van der Waals surface area contributed by atoms with Crippen molar-refractivity contribution in [2.24, 2.45) is 16.4 Å². The summed E-state index contributed by atoms with van der Waals surface area (Å²) >= 11 is 0. The Bertz CT molecular complexity index is 816. The highest BCUT2D eigenvalue weighted by Crippen LogP contribution is 2.36. The third kappa shape index (κ3) is 6.06. The lowest BCUT2D eigenvalue weighted by molar-refractivity contribution is -0.119. The summed E-state index contributed by atoms with van der Waals surface area (Å²) in [5.41, 5.74) is 5.25. The van der Waals surface area contributed by atoms with Crippen LogP contribution < -0.4 is 9.73 Å². The number of benzene rings is 1. The van der Waals surface area contributed by atoms with E-state index in [-0.39, 0.29) is 12.0 Å². The predicted molar refractivity (Wildman–Crippen MR) is 115 cm³/mol. The van der Waals surface area contributed by atoms with Gasteiger partial charge in [-0.3, -0.25) is 9.10 Å². The third-order valence-electron chi connectivity index (χ3n) is 5.45.